The molecule has 1 amide bonds. The first-order chi connectivity index (χ1) is 6.95. The van der Waals surface area contributed by atoms with Gasteiger partial charge in [-0.05, 0) is 20.3 Å². The van der Waals surface area contributed by atoms with Crippen molar-refractivity contribution < 1.29 is 10.0 Å². The topological polar surface area (TPSA) is 78.9 Å². The summed E-state index contributed by atoms with van der Waals surface area (Å²) in [5.41, 5.74) is 5.38. The van der Waals surface area contributed by atoms with Crippen molar-refractivity contribution in [2.75, 3.05) is 7.05 Å². The molecule has 0 aromatic carbocycles. The number of hydrogen-bond acceptors (Lipinski definition) is 3. The third-order valence-corrected chi connectivity index (χ3v) is 2.64. The second kappa shape index (κ2) is 6.27. The molecule has 0 bridgehead atoms. The van der Waals surface area contributed by atoms with Gasteiger partial charge in [0, 0.05) is 13.1 Å². The minimum Gasteiger partial charge on any atom is -0.409 e. The van der Waals surface area contributed by atoms with Crippen LogP contribution in [0.25, 0.3) is 0 Å². The molecule has 0 saturated carbocycles. The lowest BCUT2D eigenvalue weighted by Gasteiger charge is -2.27. The predicted molar refractivity (Wildman–Crippen MR) is 59.7 cm³/mol. The summed E-state index contributed by atoms with van der Waals surface area (Å²) >= 11 is 0. The lowest BCUT2D eigenvalue weighted by Crippen LogP contribution is -2.42. The molecule has 0 saturated heterocycles. The van der Waals surface area contributed by atoms with Crippen LogP contribution in [0.2, 0.25) is 0 Å². The molecule has 3 N–H and O–H groups in total. The minimum atomic E-state index is -0.570. The number of hydrogen-bond donors (Lipinski definition) is 2. The summed E-state index contributed by atoms with van der Waals surface area (Å²) in [6, 6.07) is 0.177. The molecule has 0 heterocycles. The molecule has 0 aromatic heterocycles. The van der Waals surface area contributed by atoms with Crippen LogP contribution in [-0.2, 0) is 4.79 Å². The Balaban J connectivity index is 4.43. The van der Waals surface area contributed by atoms with Crippen molar-refractivity contribution in [2.24, 2.45) is 16.8 Å². The van der Waals surface area contributed by atoms with Crippen LogP contribution in [0.3, 0.4) is 0 Å². The Morgan fingerprint density at radius 1 is 1.53 bits per heavy atom. The number of carbonyl (C=O) groups excluding carboxylic acids is 1. The molecule has 0 aromatic rings. The van der Waals surface area contributed by atoms with Crippen LogP contribution in [0.4, 0.5) is 0 Å². The summed E-state index contributed by atoms with van der Waals surface area (Å²) in [5, 5.41) is 11.3. The van der Waals surface area contributed by atoms with Gasteiger partial charge in [-0.2, -0.15) is 0 Å². The highest BCUT2D eigenvalue weighted by Crippen LogP contribution is 2.09. The number of amidine groups is 1. The molecule has 2 unspecified atom stereocenters. The van der Waals surface area contributed by atoms with Crippen molar-refractivity contribution in [2.45, 2.75) is 39.7 Å². The summed E-state index contributed by atoms with van der Waals surface area (Å²) in [6.45, 7) is 5.69. The van der Waals surface area contributed by atoms with Gasteiger partial charge < -0.3 is 15.8 Å². The van der Waals surface area contributed by atoms with Gasteiger partial charge in [0.05, 0.1) is 5.92 Å². The summed E-state index contributed by atoms with van der Waals surface area (Å²) in [7, 11) is 1.74. The summed E-state index contributed by atoms with van der Waals surface area (Å²) < 4.78 is 0. The molecule has 88 valence electrons. The van der Waals surface area contributed by atoms with Crippen molar-refractivity contribution in [1.29, 1.82) is 0 Å². The first-order valence-corrected chi connectivity index (χ1v) is 5.19. The van der Waals surface area contributed by atoms with E-state index in [0.717, 1.165) is 12.8 Å². The van der Waals surface area contributed by atoms with E-state index < -0.39 is 5.92 Å². The smallest absolute Gasteiger partial charge is 0.233 e. The molecule has 2 atom stereocenters. The number of nitrogens with zero attached hydrogens (tertiary/aromatic N) is 2. The summed E-state index contributed by atoms with van der Waals surface area (Å²) in [5.74, 6) is -0.735. The maximum absolute atomic E-state index is 11.8. The second-order valence-electron chi connectivity index (χ2n) is 3.83. The molecule has 0 radical (unpaired) electrons. The van der Waals surface area contributed by atoms with E-state index in [1.807, 2.05) is 6.92 Å². The van der Waals surface area contributed by atoms with Gasteiger partial charge in [-0.25, -0.2) is 0 Å². The first kappa shape index (κ1) is 13.7. The Bertz CT molecular complexity index is 241. The normalized spacial score (nSPS) is 15.9. The monoisotopic (exact) mass is 215 g/mol. The predicted octanol–water partition coefficient (Wildman–Crippen LogP) is 1.02. The van der Waals surface area contributed by atoms with Crippen molar-refractivity contribution >= 4 is 11.7 Å². The van der Waals surface area contributed by atoms with E-state index in [4.69, 9.17) is 10.9 Å². The molecule has 15 heavy (non-hydrogen) atoms. The number of carbonyl (C=O) groups is 1. The zero-order chi connectivity index (χ0) is 12.0. The van der Waals surface area contributed by atoms with E-state index in [0.29, 0.717) is 0 Å². The van der Waals surface area contributed by atoms with Gasteiger partial charge in [0.15, 0.2) is 5.84 Å². The number of oxime groups is 1. The quantitative estimate of drug-likeness (QED) is 0.311. The average molecular weight is 215 g/mol. The van der Waals surface area contributed by atoms with Gasteiger partial charge in [-0.15, -0.1) is 0 Å². The lowest BCUT2D eigenvalue weighted by atomic mass is 10.1. The number of nitrogens with two attached hydrogens (primary N) is 1. The fraction of sp³-hybridized carbons (Fsp3) is 0.800. The zero-order valence-electron chi connectivity index (χ0n) is 9.90. The Morgan fingerprint density at radius 3 is 2.47 bits per heavy atom. The first-order valence-electron chi connectivity index (χ1n) is 5.19. The average Bonchev–Trinajstić information content (AvgIpc) is 2.25. The number of amides is 1. The van der Waals surface area contributed by atoms with Gasteiger partial charge in [0.25, 0.3) is 0 Å². The van der Waals surface area contributed by atoms with Gasteiger partial charge >= 0.3 is 0 Å². The third-order valence-electron chi connectivity index (χ3n) is 2.64. The maximum Gasteiger partial charge on any atom is 0.233 e. The Labute approximate surface area is 90.9 Å². The van der Waals surface area contributed by atoms with Gasteiger partial charge in [-0.1, -0.05) is 18.5 Å². The van der Waals surface area contributed by atoms with E-state index in [1.54, 1.807) is 18.9 Å². The fourth-order valence-corrected chi connectivity index (χ4v) is 1.35. The van der Waals surface area contributed by atoms with E-state index in [-0.39, 0.29) is 17.8 Å². The third kappa shape index (κ3) is 3.77. The van der Waals surface area contributed by atoms with Crippen LogP contribution in [0.1, 0.15) is 33.6 Å². The van der Waals surface area contributed by atoms with Crippen molar-refractivity contribution in [1.82, 2.24) is 4.90 Å². The lowest BCUT2D eigenvalue weighted by molar-refractivity contribution is -0.133. The zero-order valence-corrected chi connectivity index (χ0v) is 9.90. The van der Waals surface area contributed by atoms with Crippen molar-refractivity contribution in [3.05, 3.63) is 0 Å². The van der Waals surface area contributed by atoms with Crippen LogP contribution >= 0.6 is 0 Å². The molecule has 0 spiro atoms. The van der Waals surface area contributed by atoms with E-state index >= 15 is 0 Å². The van der Waals surface area contributed by atoms with Gasteiger partial charge in [0.1, 0.15) is 0 Å². The molecule has 0 aliphatic rings. The van der Waals surface area contributed by atoms with Gasteiger partial charge in [-0.3, -0.25) is 4.79 Å². The van der Waals surface area contributed by atoms with Crippen molar-refractivity contribution in [3.8, 4) is 0 Å². The number of rotatable bonds is 5. The van der Waals surface area contributed by atoms with Crippen LogP contribution in [-0.4, -0.2) is 34.9 Å². The molecule has 0 aliphatic carbocycles. The molecule has 5 nitrogen and oxygen atoms in total. The van der Waals surface area contributed by atoms with Gasteiger partial charge in [0.2, 0.25) is 5.91 Å². The molecular weight excluding hydrogens is 194 g/mol. The highest BCUT2D eigenvalue weighted by Gasteiger charge is 2.23. The molecule has 0 aliphatic heterocycles. The second-order valence-corrected chi connectivity index (χ2v) is 3.83. The Kier molecular flexibility index (Phi) is 5.74. The van der Waals surface area contributed by atoms with Crippen molar-refractivity contribution in [3.63, 3.8) is 0 Å². The van der Waals surface area contributed by atoms with E-state index in [2.05, 4.69) is 12.1 Å². The molecule has 5 heteroatoms. The largest absolute Gasteiger partial charge is 0.409 e. The summed E-state index contributed by atoms with van der Waals surface area (Å²) in [6.07, 6.45) is 1.97. The fourth-order valence-electron chi connectivity index (χ4n) is 1.35. The molecule has 0 fully saturated rings. The van der Waals surface area contributed by atoms with E-state index in [9.17, 15) is 4.79 Å². The minimum absolute atomic E-state index is 0.0458. The molecule has 0 rings (SSSR count). The Morgan fingerprint density at radius 2 is 2.07 bits per heavy atom. The van der Waals surface area contributed by atoms with Crippen LogP contribution in [0.15, 0.2) is 5.16 Å². The molecular formula is C10H21N3O2. The Hall–Kier alpha value is -1.26. The highest BCUT2D eigenvalue weighted by molar-refractivity contribution is 6.01. The maximum atomic E-state index is 11.8. The SMILES string of the molecule is CCCC(C)N(C)C(=O)C(C)C(N)=NO. The van der Waals surface area contributed by atoms with Crippen LogP contribution in [0, 0.1) is 5.92 Å². The van der Waals surface area contributed by atoms with Crippen LogP contribution in [0.5, 0.6) is 0 Å². The summed E-state index contributed by atoms with van der Waals surface area (Å²) in [4.78, 5) is 13.5. The van der Waals surface area contributed by atoms with E-state index in [1.165, 1.54) is 0 Å². The standard InChI is InChI=1S/C10H21N3O2/c1-5-6-7(2)13(4)10(14)8(3)9(11)12-15/h7-8,15H,5-6H2,1-4H3,(H2,11,12). The highest BCUT2D eigenvalue weighted by atomic mass is 16.4. The van der Waals surface area contributed by atoms with Crippen LogP contribution < -0.4 is 5.73 Å².